The SMILES string of the molecule is CCCCCc1ccc(C2CCC(OCCCC3CCC(C)CC3)CC2)cc1. The number of aryl methyl sites for hydroxylation is 1. The Morgan fingerprint density at radius 1 is 0.821 bits per heavy atom. The molecular formula is C27H44O. The standard InChI is InChI=1S/C27H44O/c1-3-4-5-7-23-13-15-25(16-14-23)26-17-19-27(20-18-26)28-21-6-8-24-11-9-22(2)10-12-24/h13-16,22,24,26-27H,3-12,17-21H2,1-2H3. The molecule has 0 saturated heterocycles. The number of benzene rings is 1. The van der Waals surface area contributed by atoms with Crippen molar-refractivity contribution < 1.29 is 4.74 Å². The number of hydrogen-bond donors (Lipinski definition) is 0. The fourth-order valence-electron chi connectivity index (χ4n) is 5.34. The van der Waals surface area contributed by atoms with Gasteiger partial charge in [0, 0.05) is 6.61 Å². The molecular weight excluding hydrogens is 340 g/mol. The zero-order valence-electron chi connectivity index (χ0n) is 18.6. The minimum Gasteiger partial charge on any atom is -0.378 e. The maximum absolute atomic E-state index is 6.25. The number of hydrogen-bond acceptors (Lipinski definition) is 1. The summed E-state index contributed by atoms with van der Waals surface area (Å²) in [6, 6.07) is 9.55. The average Bonchev–Trinajstić information content (AvgIpc) is 2.74. The number of ether oxygens (including phenoxy) is 1. The van der Waals surface area contributed by atoms with Gasteiger partial charge in [-0.15, -0.1) is 0 Å². The fraction of sp³-hybridized carbons (Fsp3) is 0.778. The van der Waals surface area contributed by atoms with E-state index in [0.717, 1.165) is 24.4 Å². The van der Waals surface area contributed by atoms with Crippen LogP contribution in [0.25, 0.3) is 0 Å². The van der Waals surface area contributed by atoms with E-state index in [9.17, 15) is 0 Å². The van der Waals surface area contributed by atoms with Gasteiger partial charge in [-0.25, -0.2) is 0 Å². The van der Waals surface area contributed by atoms with Crippen molar-refractivity contribution in [2.45, 2.75) is 116 Å². The van der Waals surface area contributed by atoms with E-state index in [4.69, 9.17) is 4.74 Å². The Balaban J connectivity index is 1.29. The van der Waals surface area contributed by atoms with Gasteiger partial charge < -0.3 is 4.74 Å². The third-order valence-corrected chi connectivity index (χ3v) is 7.44. The summed E-state index contributed by atoms with van der Waals surface area (Å²) in [5.41, 5.74) is 3.07. The van der Waals surface area contributed by atoms with Crippen LogP contribution in [-0.4, -0.2) is 12.7 Å². The molecule has 0 aromatic heterocycles. The average molecular weight is 385 g/mol. The second-order valence-corrected chi connectivity index (χ2v) is 9.81. The molecule has 0 aliphatic heterocycles. The molecule has 0 unspecified atom stereocenters. The van der Waals surface area contributed by atoms with Crippen LogP contribution < -0.4 is 0 Å². The minimum atomic E-state index is 0.524. The van der Waals surface area contributed by atoms with E-state index >= 15 is 0 Å². The molecule has 2 fully saturated rings. The van der Waals surface area contributed by atoms with Crippen LogP contribution in [0.2, 0.25) is 0 Å². The molecule has 1 aromatic carbocycles. The largest absolute Gasteiger partial charge is 0.378 e. The van der Waals surface area contributed by atoms with Gasteiger partial charge in [0.25, 0.3) is 0 Å². The van der Waals surface area contributed by atoms with Gasteiger partial charge in [0.2, 0.25) is 0 Å². The molecule has 0 bridgehead atoms. The first-order valence-corrected chi connectivity index (χ1v) is 12.4. The summed E-state index contributed by atoms with van der Waals surface area (Å²) in [6.45, 7) is 5.69. The first-order valence-electron chi connectivity index (χ1n) is 12.4. The Morgan fingerprint density at radius 3 is 2.21 bits per heavy atom. The third kappa shape index (κ3) is 7.21. The van der Waals surface area contributed by atoms with Crippen LogP contribution in [0, 0.1) is 11.8 Å². The first kappa shape index (κ1) is 21.9. The summed E-state index contributed by atoms with van der Waals surface area (Å²) in [5.74, 6) is 2.72. The quantitative estimate of drug-likeness (QED) is 0.370. The van der Waals surface area contributed by atoms with Crippen LogP contribution >= 0.6 is 0 Å². The summed E-state index contributed by atoms with van der Waals surface area (Å²) >= 11 is 0. The molecule has 0 atom stereocenters. The minimum absolute atomic E-state index is 0.524. The number of unbranched alkanes of at least 4 members (excludes halogenated alkanes) is 2. The molecule has 0 heterocycles. The highest BCUT2D eigenvalue weighted by Gasteiger charge is 2.23. The molecule has 158 valence electrons. The Bertz CT molecular complexity index is 518. The van der Waals surface area contributed by atoms with Gasteiger partial charge in [-0.1, -0.05) is 76.6 Å². The van der Waals surface area contributed by atoms with Gasteiger partial charge in [0.15, 0.2) is 0 Å². The van der Waals surface area contributed by atoms with Gasteiger partial charge in [-0.3, -0.25) is 0 Å². The van der Waals surface area contributed by atoms with E-state index in [1.54, 1.807) is 5.56 Å². The van der Waals surface area contributed by atoms with E-state index in [1.807, 2.05) is 0 Å². The molecule has 2 aliphatic rings. The van der Waals surface area contributed by atoms with Gasteiger partial charge in [-0.2, -0.15) is 0 Å². The lowest BCUT2D eigenvalue weighted by Gasteiger charge is -2.29. The maximum Gasteiger partial charge on any atom is 0.0575 e. The van der Waals surface area contributed by atoms with Crippen LogP contribution in [0.3, 0.4) is 0 Å². The normalized spacial score (nSPS) is 28.4. The second-order valence-electron chi connectivity index (χ2n) is 9.81. The highest BCUT2D eigenvalue weighted by molar-refractivity contribution is 5.26. The van der Waals surface area contributed by atoms with Crippen molar-refractivity contribution in [3.63, 3.8) is 0 Å². The molecule has 1 aromatic rings. The molecule has 0 N–H and O–H groups in total. The Hall–Kier alpha value is -0.820. The summed E-state index contributed by atoms with van der Waals surface area (Å²) in [7, 11) is 0. The molecule has 0 spiro atoms. The van der Waals surface area contributed by atoms with Crippen molar-refractivity contribution in [3.8, 4) is 0 Å². The summed E-state index contributed by atoms with van der Waals surface area (Å²) < 4.78 is 6.25. The highest BCUT2D eigenvalue weighted by atomic mass is 16.5. The molecule has 28 heavy (non-hydrogen) atoms. The summed E-state index contributed by atoms with van der Waals surface area (Å²) in [5, 5.41) is 0. The fourth-order valence-corrected chi connectivity index (χ4v) is 5.34. The van der Waals surface area contributed by atoms with Crippen LogP contribution in [0.4, 0.5) is 0 Å². The lowest BCUT2D eigenvalue weighted by Crippen LogP contribution is -2.21. The zero-order chi connectivity index (χ0) is 19.6. The molecule has 0 radical (unpaired) electrons. The molecule has 1 heteroatoms. The molecule has 2 saturated carbocycles. The predicted molar refractivity (Wildman–Crippen MR) is 121 cm³/mol. The molecule has 3 rings (SSSR count). The van der Waals surface area contributed by atoms with Gasteiger partial charge in [0.1, 0.15) is 0 Å². The Labute approximate surface area is 174 Å². The van der Waals surface area contributed by atoms with Crippen molar-refractivity contribution in [2.24, 2.45) is 11.8 Å². The van der Waals surface area contributed by atoms with Crippen LogP contribution in [0.5, 0.6) is 0 Å². The monoisotopic (exact) mass is 384 g/mol. The van der Waals surface area contributed by atoms with E-state index in [2.05, 4.69) is 38.1 Å². The van der Waals surface area contributed by atoms with Crippen LogP contribution in [0.15, 0.2) is 24.3 Å². The first-order chi connectivity index (χ1) is 13.7. The smallest absolute Gasteiger partial charge is 0.0575 e. The van der Waals surface area contributed by atoms with E-state index in [0.29, 0.717) is 6.10 Å². The number of rotatable bonds is 10. The van der Waals surface area contributed by atoms with Gasteiger partial charge in [-0.05, 0) is 80.2 Å². The van der Waals surface area contributed by atoms with Crippen LogP contribution in [-0.2, 0) is 11.2 Å². The van der Waals surface area contributed by atoms with E-state index in [1.165, 1.54) is 95.5 Å². The Kier molecular flexibility index (Phi) is 9.38. The summed E-state index contributed by atoms with van der Waals surface area (Å²) in [4.78, 5) is 0. The van der Waals surface area contributed by atoms with Crippen molar-refractivity contribution in [1.82, 2.24) is 0 Å². The van der Waals surface area contributed by atoms with Gasteiger partial charge >= 0.3 is 0 Å². The lowest BCUT2D eigenvalue weighted by atomic mass is 9.81. The van der Waals surface area contributed by atoms with E-state index < -0.39 is 0 Å². The topological polar surface area (TPSA) is 9.23 Å². The predicted octanol–water partition coefficient (Wildman–Crippen LogP) is 8.07. The lowest BCUT2D eigenvalue weighted by molar-refractivity contribution is 0.0205. The van der Waals surface area contributed by atoms with Crippen LogP contribution in [0.1, 0.15) is 114 Å². The van der Waals surface area contributed by atoms with Crippen molar-refractivity contribution >= 4 is 0 Å². The van der Waals surface area contributed by atoms with Crippen molar-refractivity contribution in [3.05, 3.63) is 35.4 Å². The molecule has 0 amide bonds. The third-order valence-electron chi connectivity index (χ3n) is 7.44. The second kappa shape index (κ2) is 12.0. The van der Waals surface area contributed by atoms with Gasteiger partial charge in [0.05, 0.1) is 6.10 Å². The van der Waals surface area contributed by atoms with Crippen molar-refractivity contribution in [1.29, 1.82) is 0 Å². The maximum atomic E-state index is 6.25. The molecule has 1 nitrogen and oxygen atoms in total. The Morgan fingerprint density at radius 2 is 1.54 bits per heavy atom. The highest BCUT2D eigenvalue weighted by Crippen LogP contribution is 2.35. The van der Waals surface area contributed by atoms with E-state index in [-0.39, 0.29) is 0 Å². The molecule has 2 aliphatic carbocycles. The zero-order valence-corrected chi connectivity index (χ0v) is 18.6. The summed E-state index contributed by atoms with van der Waals surface area (Å²) in [6.07, 6.45) is 19.4. The van der Waals surface area contributed by atoms with Crippen molar-refractivity contribution in [2.75, 3.05) is 6.61 Å².